The van der Waals surface area contributed by atoms with E-state index in [4.69, 9.17) is 4.98 Å². The van der Waals surface area contributed by atoms with Crippen LogP contribution >= 0.6 is 11.3 Å². The van der Waals surface area contributed by atoms with Gasteiger partial charge in [0.15, 0.2) is 5.13 Å². The average Bonchev–Trinajstić information content (AvgIpc) is 2.82. The number of hydrogen-bond donors (Lipinski definition) is 1. The highest BCUT2D eigenvalue weighted by atomic mass is 32.1. The molecule has 0 saturated carbocycles. The molecule has 21 heavy (non-hydrogen) atoms. The number of pyridine rings is 1. The second-order valence-corrected chi connectivity index (χ2v) is 7.59. The van der Waals surface area contributed by atoms with Crippen LogP contribution in [0.25, 0.3) is 0 Å². The third-order valence-corrected chi connectivity index (χ3v) is 5.19. The van der Waals surface area contributed by atoms with Crippen molar-refractivity contribution in [2.75, 3.05) is 11.9 Å². The number of hydrogen-bond acceptors (Lipinski definition) is 5. The van der Waals surface area contributed by atoms with Gasteiger partial charge in [-0.15, -0.1) is 0 Å². The fraction of sp³-hybridized carbons (Fsp3) is 0.500. The van der Waals surface area contributed by atoms with Gasteiger partial charge >= 0.3 is 0 Å². The van der Waals surface area contributed by atoms with E-state index in [-0.39, 0.29) is 11.5 Å². The summed E-state index contributed by atoms with van der Waals surface area (Å²) in [6.07, 6.45) is 5.04. The summed E-state index contributed by atoms with van der Waals surface area (Å²) in [5.41, 5.74) is 2.35. The van der Waals surface area contributed by atoms with E-state index in [0.717, 1.165) is 40.7 Å². The first-order valence-corrected chi connectivity index (χ1v) is 8.04. The van der Waals surface area contributed by atoms with E-state index in [1.807, 2.05) is 19.3 Å². The van der Waals surface area contributed by atoms with E-state index in [1.54, 1.807) is 17.5 Å². The largest absolute Gasteiger partial charge is 0.387 e. The molecule has 0 amide bonds. The van der Waals surface area contributed by atoms with E-state index < -0.39 is 0 Å². The van der Waals surface area contributed by atoms with E-state index in [9.17, 15) is 5.11 Å². The summed E-state index contributed by atoms with van der Waals surface area (Å²) >= 11 is 1.62. The maximum absolute atomic E-state index is 10.3. The Morgan fingerprint density at radius 1 is 1.48 bits per heavy atom. The van der Waals surface area contributed by atoms with Crippen molar-refractivity contribution in [3.05, 3.63) is 40.7 Å². The van der Waals surface area contributed by atoms with Crippen LogP contribution in [-0.4, -0.2) is 22.1 Å². The molecular weight excluding hydrogens is 282 g/mol. The number of aliphatic hydroxyl groups excluding tert-OH is 1. The molecule has 2 aromatic heterocycles. The molecule has 0 saturated heterocycles. The lowest BCUT2D eigenvalue weighted by Crippen LogP contribution is -2.24. The smallest absolute Gasteiger partial charge is 0.185 e. The molecule has 4 nitrogen and oxygen atoms in total. The minimum absolute atomic E-state index is 0.125. The van der Waals surface area contributed by atoms with Crippen molar-refractivity contribution in [3.63, 3.8) is 0 Å². The summed E-state index contributed by atoms with van der Waals surface area (Å²) in [4.78, 5) is 12.1. The van der Waals surface area contributed by atoms with Crippen molar-refractivity contribution in [1.29, 1.82) is 0 Å². The molecular formula is C16H21N3OS. The SMILES string of the molecule is CN(Cc1cccnc1)c1nc2c(s1)C(O)CC(C)(C)C2. The van der Waals surface area contributed by atoms with Crippen LogP contribution in [0.15, 0.2) is 24.5 Å². The van der Waals surface area contributed by atoms with E-state index in [0.29, 0.717) is 0 Å². The van der Waals surface area contributed by atoms with Gasteiger partial charge in [0.1, 0.15) is 0 Å². The molecule has 1 atom stereocenters. The van der Waals surface area contributed by atoms with Gasteiger partial charge in [-0.2, -0.15) is 0 Å². The Bertz CT molecular complexity index is 624. The number of aliphatic hydroxyl groups is 1. The minimum atomic E-state index is -0.373. The standard InChI is InChI=1S/C16H21N3OS/c1-16(2)7-12-14(13(20)8-16)21-15(18-12)19(3)10-11-5-4-6-17-9-11/h4-6,9,13,20H,7-8,10H2,1-3H3. The lowest BCUT2D eigenvalue weighted by Gasteiger charge is -2.31. The second-order valence-electron chi connectivity index (χ2n) is 6.59. The first kappa shape index (κ1) is 14.5. The summed E-state index contributed by atoms with van der Waals surface area (Å²) in [7, 11) is 2.04. The molecule has 0 fully saturated rings. The fourth-order valence-electron chi connectivity index (χ4n) is 2.88. The molecule has 0 aliphatic heterocycles. The molecule has 0 radical (unpaired) electrons. The summed E-state index contributed by atoms with van der Waals surface area (Å²) in [5, 5.41) is 11.3. The first-order valence-electron chi connectivity index (χ1n) is 7.22. The van der Waals surface area contributed by atoms with Crippen molar-refractivity contribution >= 4 is 16.5 Å². The van der Waals surface area contributed by atoms with Gasteiger partial charge in [0, 0.05) is 26.0 Å². The minimum Gasteiger partial charge on any atom is -0.387 e. The number of rotatable bonds is 3. The van der Waals surface area contributed by atoms with Gasteiger partial charge in [-0.1, -0.05) is 31.3 Å². The Balaban J connectivity index is 1.81. The van der Waals surface area contributed by atoms with Gasteiger partial charge in [0.05, 0.1) is 16.7 Å². The monoisotopic (exact) mass is 303 g/mol. The van der Waals surface area contributed by atoms with Crippen molar-refractivity contribution < 1.29 is 5.11 Å². The van der Waals surface area contributed by atoms with Crippen molar-refractivity contribution in [2.45, 2.75) is 39.3 Å². The van der Waals surface area contributed by atoms with Crippen molar-refractivity contribution in [2.24, 2.45) is 5.41 Å². The van der Waals surface area contributed by atoms with Gasteiger partial charge in [-0.05, 0) is 29.9 Å². The van der Waals surface area contributed by atoms with Crippen molar-refractivity contribution in [1.82, 2.24) is 9.97 Å². The predicted molar refractivity (Wildman–Crippen MR) is 85.5 cm³/mol. The highest BCUT2D eigenvalue weighted by molar-refractivity contribution is 7.15. The molecule has 1 N–H and O–H groups in total. The zero-order chi connectivity index (χ0) is 15.0. The van der Waals surface area contributed by atoms with Crippen LogP contribution < -0.4 is 4.90 Å². The fourth-order valence-corrected chi connectivity index (χ4v) is 3.90. The van der Waals surface area contributed by atoms with Gasteiger partial charge in [-0.25, -0.2) is 4.98 Å². The Morgan fingerprint density at radius 3 is 3.00 bits per heavy atom. The van der Waals surface area contributed by atoms with Crippen LogP contribution in [0.3, 0.4) is 0 Å². The third kappa shape index (κ3) is 3.09. The average molecular weight is 303 g/mol. The Labute approximate surface area is 129 Å². The topological polar surface area (TPSA) is 49.2 Å². The summed E-state index contributed by atoms with van der Waals surface area (Å²) < 4.78 is 0. The Morgan fingerprint density at radius 2 is 2.29 bits per heavy atom. The quantitative estimate of drug-likeness (QED) is 0.946. The third-order valence-electron chi connectivity index (χ3n) is 3.88. The first-order chi connectivity index (χ1) is 9.94. The molecule has 2 aromatic rings. The van der Waals surface area contributed by atoms with E-state index in [1.165, 1.54) is 0 Å². The van der Waals surface area contributed by atoms with Crippen LogP contribution in [0.4, 0.5) is 5.13 Å². The van der Waals surface area contributed by atoms with Gasteiger partial charge in [0.25, 0.3) is 0 Å². The lowest BCUT2D eigenvalue weighted by molar-refractivity contribution is 0.102. The van der Waals surface area contributed by atoms with Gasteiger partial charge in [-0.3, -0.25) is 4.98 Å². The molecule has 0 bridgehead atoms. The Hall–Kier alpha value is -1.46. The number of fused-ring (bicyclic) bond motifs is 1. The maximum atomic E-state index is 10.3. The number of aromatic nitrogens is 2. The maximum Gasteiger partial charge on any atom is 0.185 e. The Kier molecular flexibility index (Phi) is 3.71. The molecule has 0 aromatic carbocycles. The molecule has 0 spiro atoms. The second kappa shape index (κ2) is 5.39. The number of anilines is 1. The molecule has 3 rings (SSSR count). The highest BCUT2D eigenvalue weighted by Gasteiger charge is 2.34. The molecule has 1 unspecified atom stereocenters. The summed E-state index contributed by atoms with van der Waals surface area (Å²) in [5.74, 6) is 0. The molecule has 112 valence electrons. The molecule has 2 heterocycles. The number of thiazole rings is 1. The zero-order valence-electron chi connectivity index (χ0n) is 12.7. The number of nitrogens with zero attached hydrogens (tertiary/aromatic N) is 3. The van der Waals surface area contributed by atoms with Gasteiger partial charge in [0.2, 0.25) is 0 Å². The molecule has 5 heteroatoms. The van der Waals surface area contributed by atoms with Gasteiger partial charge < -0.3 is 10.0 Å². The van der Waals surface area contributed by atoms with Crippen LogP contribution in [0.5, 0.6) is 0 Å². The summed E-state index contributed by atoms with van der Waals surface area (Å²) in [6.45, 7) is 5.16. The van der Waals surface area contributed by atoms with E-state index in [2.05, 4.69) is 29.8 Å². The van der Waals surface area contributed by atoms with Crippen LogP contribution in [0, 0.1) is 5.41 Å². The predicted octanol–water partition coefficient (Wildman–Crippen LogP) is 3.18. The highest BCUT2D eigenvalue weighted by Crippen LogP contribution is 2.44. The zero-order valence-corrected chi connectivity index (χ0v) is 13.5. The lowest BCUT2D eigenvalue weighted by atomic mass is 9.77. The summed E-state index contributed by atoms with van der Waals surface area (Å²) in [6, 6.07) is 4.01. The van der Waals surface area contributed by atoms with Crippen LogP contribution in [0.2, 0.25) is 0 Å². The molecule has 1 aliphatic rings. The van der Waals surface area contributed by atoms with Crippen molar-refractivity contribution in [3.8, 4) is 0 Å². The van der Waals surface area contributed by atoms with Crippen LogP contribution in [0.1, 0.15) is 42.5 Å². The van der Waals surface area contributed by atoms with Crippen LogP contribution in [-0.2, 0) is 13.0 Å². The van der Waals surface area contributed by atoms with E-state index >= 15 is 0 Å². The normalized spacial score (nSPS) is 20.1. The molecule has 1 aliphatic carbocycles.